The third-order valence-corrected chi connectivity index (χ3v) is 5.09. The maximum absolute atomic E-state index is 13.8. The van der Waals surface area contributed by atoms with Crippen molar-refractivity contribution in [3.05, 3.63) is 58.2 Å². The lowest BCUT2D eigenvalue weighted by atomic mass is 10.1. The molecule has 0 bridgehead atoms. The van der Waals surface area contributed by atoms with Crippen molar-refractivity contribution in [2.45, 2.75) is 26.1 Å². The van der Waals surface area contributed by atoms with E-state index in [0.717, 1.165) is 35.4 Å². The van der Waals surface area contributed by atoms with E-state index in [4.69, 9.17) is 4.74 Å². The van der Waals surface area contributed by atoms with Gasteiger partial charge in [-0.3, -0.25) is 4.98 Å². The van der Waals surface area contributed by atoms with E-state index in [-0.39, 0.29) is 18.0 Å². The van der Waals surface area contributed by atoms with E-state index in [2.05, 4.69) is 33.6 Å². The van der Waals surface area contributed by atoms with Crippen LogP contribution in [0.3, 0.4) is 0 Å². The second-order valence-corrected chi connectivity index (χ2v) is 7.12. The van der Waals surface area contributed by atoms with E-state index >= 15 is 0 Å². The van der Waals surface area contributed by atoms with Gasteiger partial charge in [0.15, 0.2) is 0 Å². The number of pyridine rings is 1. The van der Waals surface area contributed by atoms with Crippen LogP contribution in [0.5, 0.6) is 0 Å². The van der Waals surface area contributed by atoms with Gasteiger partial charge < -0.3 is 9.64 Å². The predicted molar refractivity (Wildman–Crippen MR) is 96.3 cm³/mol. The second-order valence-electron chi connectivity index (χ2n) is 6.34. The summed E-state index contributed by atoms with van der Waals surface area (Å²) in [7, 11) is 0. The van der Waals surface area contributed by atoms with Gasteiger partial charge in [-0.05, 0) is 60.5 Å². The van der Waals surface area contributed by atoms with Crippen molar-refractivity contribution in [2.24, 2.45) is 0 Å². The summed E-state index contributed by atoms with van der Waals surface area (Å²) in [5, 5.41) is 5.07. The van der Waals surface area contributed by atoms with Crippen LogP contribution in [0.1, 0.15) is 24.3 Å². The number of benzene rings is 1. The Labute approximate surface area is 144 Å². The van der Waals surface area contributed by atoms with Crippen LogP contribution in [0.25, 0.3) is 10.9 Å². The molecule has 1 aliphatic heterocycles. The number of rotatable bonds is 2. The first-order valence-electron chi connectivity index (χ1n) is 8.09. The molecule has 2 unspecified atom stereocenters. The Bertz CT molecular complexity index is 865. The van der Waals surface area contributed by atoms with Crippen molar-refractivity contribution in [2.75, 3.05) is 18.0 Å². The average molecular weight is 342 g/mol. The molecule has 5 heteroatoms. The lowest BCUT2D eigenvalue weighted by Crippen LogP contribution is -2.43. The number of nitrogens with zero attached hydrogens (tertiary/aromatic N) is 2. The van der Waals surface area contributed by atoms with E-state index in [0.29, 0.717) is 0 Å². The highest BCUT2D eigenvalue weighted by Gasteiger charge is 2.28. The maximum atomic E-state index is 13.8. The van der Waals surface area contributed by atoms with Crippen LogP contribution in [0.15, 0.2) is 41.1 Å². The molecule has 1 saturated heterocycles. The minimum absolute atomic E-state index is 0.0390. The Kier molecular flexibility index (Phi) is 3.98. The summed E-state index contributed by atoms with van der Waals surface area (Å²) in [5.74, 6) is -0.231. The molecule has 3 aromatic rings. The number of morpholine rings is 1. The second kappa shape index (κ2) is 6.15. The first-order valence-corrected chi connectivity index (χ1v) is 9.04. The van der Waals surface area contributed by atoms with Crippen molar-refractivity contribution >= 4 is 27.9 Å². The van der Waals surface area contributed by atoms with Crippen LogP contribution >= 0.6 is 11.3 Å². The number of hydrogen-bond acceptors (Lipinski definition) is 4. The fraction of sp³-hybridized carbons (Fsp3) is 0.316. The standard InChI is InChI=1S/C19H19FN2OS/c1-12-7-18(16-8-15(20)3-4-17(16)21-12)22-9-13(2)23-19(10-22)14-5-6-24-11-14/h3-8,11,13,19H,9-10H2,1-2H3. The van der Waals surface area contributed by atoms with Gasteiger partial charge in [-0.15, -0.1) is 0 Å². The van der Waals surface area contributed by atoms with Gasteiger partial charge in [0.25, 0.3) is 0 Å². The lowest BCUT2D eigenvalue weighted by molar-refractivity contribution is -0.0170. The van der Waals surface area contributed by atoms with Crippen LogP contribution in [-0.4, -0.2) is 24.2 Å². The van der Waals surface area contributed by atoms with Crippen molar-refractivity contribution in [3.63, 3.8) is 0 Å². The number of halogens is 1. The third kappa shape index (κ3) is 2.89. The van der Waals surface area contributed by atoms with Gasteiger partial charge in [-0.2, -0.15) is 11.3 Å². The molecule has 24 heavy (non-hydrogen) atoms. The molecule has 0 spiro atoms. The molecular weight excluding hydrogens is 323 g/mol. The highest BCUT2D eigenvalue weighted by atomic mass is 32.1. The van der Waals surface area contributed by atoms with Gasteiger partial charge in [-0.25, -0.2) is 4.39 Å². The minimum atomic E-state index is -0.231. The largest absolute Gasteiger partial charge is 0.367 e. The quantitative estimate of drug-likeness (QED) is 0.674. The number of fused-ring (bicyclic) bond motifs is 1. The Morgan fingerprint density at radius 1 is 1.25 bits per heavy atom. The molecule has 0 aliphatic carbocycles. The summed E-state index contributed by atoms with van der Waals surface area (Å²) in [6, 6.07) is 8.96. The molecule has 1 fully saturated rings. The predicted octanol–water partition coefficient (Wildman–Crippen LogP) is 4.71. The summed E-state index contributed by atoms with van der Waals surface area (Å²) in [6.45, 7) is 5.61. The number of thiophene rings is 1. The normalized spacial score (nSPS) is 21.4. The molecule has 124 valence electrons. The Morgan fingerprint density at radius 2 is 2.12 bits per heavy atom. The van der Waals surface area contributed by atoms with E-state index in [1.165, 1.54) is 11.6 Å². The third-order valence-electron chi connectivity index (χ3n) is 4.39. The number of anilines is 1. The summed E-state index contributed by atoms with van der Waals surface area (Å²) < 4.78 is 19.9. The molecule has 0 saturated carbocycles. The first-order chi connectivity index (χ1) is 11.6. The minimum Gasteiger partial charge on any atom is -0.367 e. The molecule has 2 atom stereocenters. The van der Waals surface area contributed by atoms with Crippen LogP contribution in [0, 0.1) is 12.7 Å². The molecule has 0 radical (unpaired) electrons. The molecule has 3 heterocycles. The number of ether oxygens (including phenoxy) is 1. The van der Waals surface area contributed by atoms with E-state index in [9.17, 15) is 4.39 Å². The van der Waals surface area contributed by atoms with Crippen molar-refractivity contribution in [1.82, 2.24) is 4.98 Å². The van der Waals surface area contributed by atoms with Gasteiger partial charge >= 0.3 is 0 Å². The van der Waals surface area contributed by atoms with Gasteiger partial charge in [0.05, 0.1) is 11.6 Å². The van der Waals surface area contributed by atoms with Crippen LogP contribution in [0.4, 0.5) is 10.1 Å². The fourth-order valence-corrected chi connectivity index (χ4v) is 4.06. The first kappa shape index (κ1) is 15.5. The molecule has 2 aromatic heterocycles. The maximum Gasteiger partial charge on any atom is 0.124 e. The van der Waals surface area contributed by atoms with Crippen molar-refractivity contribution in [3.8, 4) is 0 Å². The highest BCUT2D eigenvalue weighted by molar-refractivity contribution is 7.07. The van der Waals surface area contributed by atoms with E-state index < -0.39 is 0 Å². The van der Waals surface area contributed by atoms with Crippen molar-refractivity contribution < 1.29 is 9.13 Å². The molecule has 0 amide bonds. The fourth-order valence-electron chi connectivity index (χ4n) is 3.36. The van der Waals surface area contributed by atoms with Gasteiger partial charge in [0.2, 0.25) is 0 Å². The number of aryl methyl sites for hydroxylation is 1. The highest BCUT2D eigenvalue weighted by Crippen LogP contribution is 2.34. The van der Waals surface area contributed by atoms with E-state index in [1.807, 2.05) is 13.0 Å². The van der Waals surface area contributed by atoms with Gasteiger partial charge in [0, 0.05) is 29.9 Å². The molecule has 4 rings (SSSR count). The summed E-state index contributed by atoms with van der Waals surface area (Å²) >= 11 is 1.68. The van der Waals surface area contributed by atoms with Gasteiger partial charge in [-0.1, -0.05) is 0 Å². The topological polar surface area (TPSA) is 25.4 Å². The van der Waals surface area contributed by atoms with Crippen LogP contribution in [0.2, 0.25) is 0 Å². The van der Waals surface area contributed by atoms with Crippen LogP contribution in [-0.2, 0) is 4.74 Å². The molecule has 1 aromatic carbocycles. The van der Waals surface area contributed by atoms with E-state index in [1.54, 1.807) is 23.5 Å². The molecular formula is C19H19FN2OS. The average Bonchev–Trinajstić information content (AvgIpc) is 3.08. The smallest absolute Gasteiger partial charge is 0.124 e. The molecule has 0 N–H and O–H groups in total. The lowest BCUT2D eigenvalue weighted by Gasteiger charge is -2.38. The molecule has 1 aliphatic rings. The zero-order valence-corrected chi connectivity index (χ0v) is 14.5. The zero-order chi connectivity index (χ0) is 16.7. The SMILES string of the molecule is Cc1cc(N2CC(C)OC(c3ccsc3)C2)c2cc(F)ccc2n1. The monoisotopic (exact) mass is 342 g/mol. The Hall–Kier alpha value is -1.98. The zero-order valence-electron chi connectivity index (χ0n) is 13.7. The number of hydrogen-bond donors (Lipinski definition) is 0. The summed E-state index contributed by atoms with van der Waals surface area (Å²) in [5.41, 5.74) is 4.01. The van der Waals surface area contributed by atoms with Gasteiger partial charge in [0.1, 0.15) is 11.9 Å². The van der Waals surface area contributed by atoms with Crippen molar-refractivity contribution in [1.29, 1.82) is 0 Å². The Morgan fingerprint density at radius 3 is 2.92 bits per heavy atom. The number of aromatic nitrogens is 1. The Balaban J connectivity index is 1.77. The summed E-state index contributed by atoms with van der Waals surface area (Å²) in [4.78, 5) is 6.84. The van der Waals surface area contributed by atoms with Crippen LogP contribution < -0.4 is 4.90 Å². The summed E-state index contributed by atoms with van der Waals surface area (Å²) in [6.07, 6.45) is 0.151. The molecule has 3 nitrogen and oxygen atoms in total.